The second-order valence-corrected chi connectivity index (χ2v) is 5.10. The third-order valence-corrected chi connectivity index (χ3v) is 3.71. The van der Waals surface area contributed by atoms with E-state index in [1.807, 2.05) is 17.0 Å². The van der Waals surface area contributed by atoms with Crippen molar-refractivity contribution in [3.8, 4) is 5.75 Å². The Balaban J connectivity index is 1.94. The molecule has 0 saturated heterocycles. The van der Waals surface area contributed by atoms with Gasteiger partial charge < -0.3 is 15.4 Å². The van der Waals surface area contributed by atoms with Gasteiger partial charge in [-0.2, -0.15) is 0 Å². The number of halogens is 2. The Morgan fingerprint density at radius 3 is 2.95 bits per heavy atom. The minimum atomic E-state index is -0.291. The van der Waals surface area contributed by atoms with Crippen molar-refractivity contribution >= 4 is 23.0 Å². The molecule has 0 aromatic heterocycles. The molecule has 0 bridgehead atoms. The first-order valence-electron chi connectivity index (χ1n) is 6.35. The highest BCUT2D eigenvalue weighted by Crippen LogP contribution is 2.35. The van der Waals surface area contributed by atoms with Crippen LogP contribution in [0.25, 0.3) is 0 Å². The van der Waals surface area contributed by atoms with Gasteiger partial charge in [0.25, 0.3) is 0 Å². The summed E-state index contributed by atoms with van der Waals surface area (Å²) in [6, 6.07) is 10.2. The van der Waals surface area contributed by atoms with Crippen molar-refractivity contribution < 1.29 is 9.13 Å². The lowest BCUT2D eigenvalue weighted by Crippen LogP contribution is -2.32. The minimum Gasteiger partial charge on any atom is -0.489 e. The van der Waals surface area contributed by atoms with Crippen LogP contribution in [0.5, 0.6) is 5.75 Å². The number of fused-ring (bicyclic) bond motifs is 1. The Morgan fingerprint density at radius 2 is 2.15 bits per heavy atom. The van der Waals surface area contributed by atoms with Crippen molar-refractivity contribution in [1.29, 1.82) is 0 Å². The van der Waals surface area contributed by atoms with Crippen LogP contribution in [-0.4, -0.2) is 13.2 Å². The van der Waals surface area contributed by atoms with Crippen LogP contribution in [0.4, 0.5) is 15.8 Å². The van der Waals surface area contributed by atoms with Crippen molar-refractivity contribution in [2.24, 2.45) is 0 Å². The molecule has 0 radical (unpaired) electrons. The van der Waals surface area contributed by atoms with Crippen molar-refractivity contribution in [1.82, 2.24) is 0 Å². The molecule has 0 saturated carbocycles. The molecule has 0 atom stereocenters. The second-order valence-electron chi connectivity index (χ2n) is 4.70. The molecule has 104 valence electrons. The molecular formula is C15H14ClFN2O. The van der Waals surface area contributed by atoms with E-state index in [-0.39, 0.29) is 5.82 Å². The normalized spacial score (nSPS) is 13.8. The van der Waals surface area contributed by atoms with Crippen LogP contribution in [0.2, 0.25) is 5.02 Å². The highest BCUT2D eigenvalue weighted by molar-refractivity contribution is 6.31. The first-order valence-corrected chi connectivity index (χ1v) is 6.73. The van der Waals surface area contributed by atoms with Gasteiger partial charge >= 0.3 is 0 Å². The number of hydrogen-bond acceptors (Lipinski definition) is 3. The maximum absolute atomic E-state index is 13.9. The number of rotatable bonds is 2. The summed E-state index contributed by atoms with van der Waals surface area (Å²) in [6.07, 6.45) is 0. The molecule has 3 nitrogen and oxygen atoms in total. The van der Waals surface area contributed by atoms with Gasteiger partial charge in [-0.25, -0.2) is 4.39 Å². The Kier molecular flexibility index (Phi) is 3.40. The molecule has 3 rings (SSSR count). The van der Waals surface area contributed by atoms with Gasteiger partial charge in [0.1, 0.15) is 18.2 Å². The summed E-state index contributed by atoms with van der Waals surface area (Å²) in [5, 5.41) is 0.438. The fourth-order valence-corrected chi connectivity index (χ4v) is 2.56. The predicted molar refractivity (Wildman–Crippen MR) is 78.8 cm³/mol. The van der Waals surface area contributed by atoms with Crippen molar-refractivity contribution in [3.63, 3.8) is 0 Å². The van der Waals surface area contributed by atoms with Gasteiger partial charge in [0.2, 0.25) is 0 Å². The fourth-order valence-electron chi connectivity index (χ4n) is 2.33. The smallest absolute Gasteiger partial charge is 0.144 e. The SMILES string of the molecule is Nc1ccc2c(c1)OCCN2Cc1c(F)cccc1Cl. The zero-order valence-electron chi connectivity index (χ0n) is 10.8. The molecule has 2 N–H and O–H groups in total. The molecule has 2 aromatic carbocycles. The van der Waals surface area contributed by atoms with E-state index in [1.165, 1.54) is 6.07 Å². The predicted octanol–water partition coefficient (Wildman–Crippen LogP) is 3.46. The van der Waals surface area contributed by atoms with E-state index in [2.05, 4.69) is 0 Å². The average molecular weight is 293 g/mol. The number of hydrogen-bond donors (Lipinski definition) is 1. The number of nitrogen functional groups attached to an aromatic ring is 1. The zero-order valence-corrected chi connectivity index (χ0v) is 11.5. The maximum atomic E-state index is 13.9. The van der Waals surface area contributed by atoms with Crippen LogP contribution in [-0.2, 0) is 6.54 Å². The lowest BCUT2D eigenvalue weighted by molar-refractivity contribution is 0.307. The van der Waals surface area contributed by atoms with Gasteiger partial charge in [0.15, 0.2) is 0 Å². The monoisotopic (exact) mass is 292 g/mol. The molecule has 0 spiro atoms. The average Bonchev–Trinajstić information content (AvgIpc) is 2.42. The molecule has 1 heterocycles. The summed E-state index contributed by atoms with van der Waals surface area (Å²) < 4.78 is 19.5. The topological polar surface area (TPSA) is 38.5 Å². The zero-order chi connectivity index (χ0) is 14.1. The summed E-state index contributed by atoms with van der Waals surface area (Å²) in [4.78, 5) is 2.04. The molecule has 0 amide bonds. The van der Waals surface area contributed by atoms with Crippen LogP contribution in [0, 0.1) is 5.82 Å². The standard InChI is InChI=1S/C15H14ClFN2O/c16-12-2-1-3-13(17)11(12)9-19-6-7-20-15-8-10(18)4-5-14(15)19/h1-5,8H,6-7,9,18H2. The number of nitrogens with zero attached hydrogens (tertiary/aromatic N) is 1. The summed E-state index contributed by atoms with van der Waals surface area (Å²) in [5.41, 5.74) is 7.80. The largest absolute Gasteiger partial charge is 0.489 e. The van der Waals surface area contributed by atoms with E-state index >= 15 is 0 Å². The highest BCUT2D eigenvalue weighted by atomic mass is 35.5. The molecule has 5 heteroatoms. The van der Waals surface area contributed by atoms with E-state index in [0.29, 0.717) is 36.0 Å². The van der Waals surface area contributed by atoms with Gasteiger partial charge in [0.05, 0.1) is 12.2 Å². The van der Waals surface area contributed by atoms with Gasteiger partial charge in [-0.05, 0) is 24.3 Å². The Bertz CT molecular complexity index is 628. The Morgan fingerprint density at radius 1 is 1.30 bits per heavy atom. The van der Waals surface area contributed by atoms with Crippen molar-refractivity contribution in [2.45, 2.75) is 6.54 Å². The van der Waals surface area contributed by atoms with E-state index in [4.69, 9.17) is 22.1 Å². The molecule has 1 aliphatic rings. The van der Waals surface area contributed by atoms with E-state index in [0.717, 1.165) is 11.4 Å². The van der Waals surface area contributed by atoms with Crippen LogP contribution < -0.4 is 15.4 Å². The summed E-state index contributed by atoms with van der Waals surface area (Å²) in [7, 11) is 0. The van der Waals surface area contributed by atoms with Gasteiger partial charge in [-0.1, -0.05) is 17.7 Å². The van der Waals surface area contributed by atoms with Crippen molar-refractivity contribution in [2.75, 3.05) is 23.8 Å². The lowest BCUT2D eigenvalue weighted by atomic mass is 10.1. The second kappa shape index (κ2) is 5.21. The lowest BCUT2D eigenvalue weighted by Gasteiger charge is -2.31. The number of ether oxygens (including phenoxy) is 1. The number of nitrogens with two attached hydrogens (primary N) is 1. The Labute approximate surface area is 121 Å². The molecular weight excluding hydrogens is 279 g/mol. The molecule has 20 heavy (non-hydrogen) atoms. The quantitative estimate of drug-likeness (QED) is 0.862. The first kappa shape index (κ1) is 13.1. The summed E-state index contributed by atoms with van der Waals surface area (Å²) in [5.74, 6) is 0.435. The van der Waals surface area contributed by atoms with Crippen LogP contribution >= 0.6 is 11.6 Å². The first-order chi connectivity index (χ1) is 9.65. The summed E-state index contributed by atoms with van der Waals surface area (Å²) >= 11 is 6.08. The van der Waals surface area contributed by atoms with Gasteiger partial charge in [0, 0.05) is 28.9 Å². The van der Waals surface area contributed by atoms with Crippen LogP contribution in [0.1, 0.15) is 5.56 Å². The Hall–Kier alpha value is -1.94. The van der Waals surface area contributed by atoms with Gasteiger partial charge in [-0.3, -0.25) is 0 Å². The maximum Gasteiger partial charge on any atom is 0.144 e. The minimum absolute atomic E-state index is 0.291. The van der Waals surface area contributed by atoms with Crippen LogP contribution in [0.15, 0.2) is 36.4 Å². The van der Waals surface area contributed by atoms with E-state index in [1.54, 1.807) is 18.2 Å². The molecule has 2 aromatic rings. The molecule has 1 aliphatic heterocycles. The number of anilines is 2. The van der Waals surface area contributed by atoms with Crippen molar-refractivity contribution in [3.05, 3.63) is 52.8 Å². The fraction of sp³-hybridized carbons (Fsp3) is 0.200. The number of benzene rings is 2. The van der Waals surface area contributed by atoms with Gasteiger partial charge in [-0.15, -0.1) is 0 Å². The highest BCUT2D eigenvalue weighted by Gasteiger charge is 2.20. The molecule has 0 aliphatic carbocycles. The summed E-state index contributed by atoms with van der Waals surface area (Å²) in [6.45, 7) is 1.63. The van der Waals surface area contributed by atoms with E-state index in [9.17, 15) is 4.39 Å². The van der Waals surface area contributed by atoms with E-state index < -0.39 is 0 Å². The molecule has 0 fully saturated rings. The third kappa shape index (κ3) is 2.39. The third-order valence-electron chi connectivity index (χ3n) is 3.35. The molecule has 0 unspecified atom stereocenters. The van der Waals surface area contributed by atoms with Crippen LogP contribution in [0.3, 0.4) is 0 Å².